The molecule has 0 unspecified atom stereocenters. The van der Waals surface area contributed by atoms with Gasteiger partial charge in [-0.25, -0.2) is 4.98 Å². The highest BCUT2D eigenvalue weighted by Gasteiger charge is 2.41. The Hall–Kier alpha value is -1.29. The zero-order valence-corrected chi connectivity index (χ0v) is 10.5. The summed E-state index contributed by atoms with van der Waals surface area (Å²) in [4.78, 5) is 6.40. The van der Waals surface area contributed by atoms with Gasteiger partial charge in [-0.05, 0) is 25.5 Å². The molecule has 17 heavy (non-hydrogen) atoms. The Kier molecular flexibility index (Phi) is 3.52. The van der Waals surface area contributed by atoms with E-state index in [0.717, 1.165) is 24.4 Å². The van der Waals surface area contributed by atoms with Crippen LogP contribution in [0.25, 0.3) is 0 Å². The molecular weight excluding hydrogens is 216 g/mol. The van der Waals surface area contributed by atoms with Crippen molar-refractivity contribution >= 4 is 5.82 Å². The maximum absolute atomic E-state index is 10.2. The van der Waals surface area contributed by atoms with Gasteiger partial charge in [-0.15, -0.1) is 0 Å². The minimum absolute atomic E-state index is 0.532. The molecule has 0 amide bonds. The van der Waals surface area contributed by atoms with Gasteiger partial charge < -0.3 is 14.7 Å². The van der Waals surface area contributed by atoms with Crippen LogP contribution in [-0.4, -0.2) is 35.4 Å². The maximum Gasteiger partial charge on any atom is 0.171 e. The van der Waals surface area contributed by atoms with Gasteiger partial charge in [0.2, 0.25) is 0 Å². The summed E-state index contributed by atoms with van der Waals surface area (Å²) in [5.41, 5.74) is -0.532. The Morgan fingerprint density at radius 2 is 2.24 bits per heavy atom. The Balaban J connectivity index is 2.05. The zero-order valence-electron chi connectivity index (χ0n) is 10.5. The highest BCUT2D eigenvalue weighted by molar-refractivity contribution is 5.55. The maximum atomic E-state index is 10.2. The summed E-state index contributed by atoms with van der Waals surface area (Å²) < 4.78 is 5.54. The number of β-amino-alcohol motifs (C(OH)–C–C–N with tert-alkyl or cyclic N) is 1. The second-order valence-corrected chi connectivity index (χ2v) is 4.59. The Morgan fingerprint density at radius 3 is 2.88 bits per heavy atom. The van der Waals surface area contributed by atoms with Gasteiger partial charge in [-0.1, -0.05) is 13.3 Å². The van der Waals surface area contributed by atoms with Crippen LogP contribution in [0.1, 0.15) is 26.7 Å². The van der Waals surface area contributed by atoms with Crippen molar-refractivity contribution in [1.82, 2.24) is 4.98 Å². The van der Waals surface area contributed by atoms with Crippen molar-refractivity contribution in [3.63, 3.8) is 0 Å². The molecule has 0 saturated carbocycles. The van der Waals surface area contributed by atoms with Crippen molar-refractivity contribution in [2.75, 3.05) is 24.6 Å². The molecule has 4 nitrogen and oxygen atoms in total. The summed E-state index contributed by atoms with van der Waals surface area (Å²) in [6, 6.07) is 3.79. The molecule has 94 valence electrons. The molecule has 0 spiro atoms. The second kappa shape index (κ2) is 4.92. The van der Waals surface area contributed by atoms with Crippen LogP contribution >= 0.6 is 0 Å². The molecule has 1 saturated heterocycles. The van der Waals surface area contributed by atoms with Gasteiger partial charge >= 0.3 is 0 Å². The molecule has 1 aromatic heterocycles. The molecule has 4 heteroatoms. The summed E-state index contributed by atoms with van der Waals surface area (Å²) >= 11 is 0. The van der Waals surface area contributed by atoms with E-state index in [0.29, 0.717) is 19.7 Å². The Labute approximate surface area is 102 Å². The molecule has 1 N–H and O–H groups in total. The summed E-state index contributed by atoms with van der Waals surface area (Å²) in [5, 5.41) is 10.2. The lowest BCUT2D eigenvalue weighted by molar-refractivity contribution is 0.00268. The fraction of sp³-hybridized carbons (Fsp3) is 0.615. The molecule has 1 aliphatic heterocycles. The zero-order chi connectivity index (χ0) is 12.3. The van der Waals surface area contributed by atoms with E-state index in [1.807, 2.05) is 19.1 Å². The first kappa shape index (κ1) is 12.2. The van der Waals surface area contributed by atoms with Crippen LogP contribution < -0.4 is 9.64 Å². The van der Waals surface area contributed by atoms with Crippen molar-refractivity contribution in [3.05, 3.63) is 18.3 Å². The first-order chi connectivity index (χ1) is 8.18. The Bertz CT molecular complexity index is 375. The largest absolute Gasteiger partial charge is 0.490 e. The van der Waals surface area contributed by atoms with E-state index in [1.54, 1.807) is 6.20 Å². The van der Waals surface area contributed by atoms with Gasteiger partial charge in [-0.3, -0.25) is 0 Å². The van der Waals surface area contributed by atoms with Crippen LogP contribution in [0, 0.1) is 0 Å². The number of aliphatic hydroxyl groups is 1. The van der Waals surface area contributed by atoms with Crippen molar-refractivity contribution < 1.29 is 9.84 Å². The number of pyridine rings is 1. The number of hydrogen-bond donors (Lipinski definition) is 1. The van der Waals surface area contributed by atoms with Crippen molar-refractivity contribution in [3.8, 4) is 5.75 Å². The molecule has 0 radical (unpaired) electrons. The molecular formula is C13H20N2O2. The van der Waals surface area contributed by atoms with Crippen LogP contribution in [0.3, 0.4) is 0 Å². The third kappa shape index (κ3) is 2.52. The normalized spacial score (nSPS) is 17.7. The third-order valence-corrected chi connectivity index (χ3v) is 3.04. The van der Waals surface area contributed by atoms with E-state index in [2.05, 4.69) is 16.8 Å². The van der Waals surface area contributed by atoms with Gasteiger partial charge in [-0.2, -0.15) is 0 Å². The quantitative estimate of drug-likeness (QED) is 0.847. The van der Waals surface area contributed by atoms with Gasteiger partial charge in [0, 0.05) is 6.20 Å². The average molecular weight is 236 g/mol. The lowest BCUT2D eigenvalue weighted by Gasteiger charge is -2.47. The first-order valence-corrected chi connectivity index (χ1v) is 6.23. The molecule has 0 atom stereocenters. The van der Waals surface area contributed by atoms with Crippen LogP contribution in [0.2, 0.25) is 0 Å². The van der Waals surface area contributed by atoms with Gasteiger partial charge in [0.25, 0.3) is 0 Å². The van der Waals surface area contributed by atoms with Crippen molar-refractivity contribution in [2.45, 2.75) is 32.3 Å². The fourth-order valence-electron chi connectivity index (χ4n) is 2.33. The van der Waals surface area contributed by atoms with Crippen LogP contribution in [-0.2, 0) is 0 Å². The number of rotatable bonds is 5. The van der Waals surface area contributed by atoms with Gasteiger partial charge in [0.05, 0.1) is 25.3 Å². The van der Waals surface area contributed by atoms with E-state index in [-0.39, 0.29) is 0 Å². The lowest BCUT2D eigenvalue weighted by Crippen LogP contribution is -2.62. The monoisotopic (exact) mass is 236 g/mol. The Morgan fingerprint density at radius 1 is 1.47 bits per heavy atom. The molecule has 0 aromatic carbocycles. The SMILES string of the molecule is CCCC1(O)CN(c2ncccc2OCC)C1. The first-order valence-electron chi connectivity index (χ1n) is 6.23. The number of ether oxygens (including phenoxy) is 1. The number of nitrogens with zero attached hydrogens (tertiary/aromatic N) is 2. The number of aromatic nitrogens is 1. The van der Waals surface area contributed by atoms with Crippen LogP contribution in [0.4, 0.5) is 5.82 Å². The predicted octanol–water partition coefficient (Wildman–Crippen LogP) is 1.83. The van der Waals surface area contributed by atoms with E-state index >= 15 is 0 Å². The minimum atomic E-state index is -0.532. The van der Waals surface area contributed by atoms with E-state index < -0.39 is 5.60 Å². The standard InChI is InChI=1S/C13H20N2O2/c1-3-7-13(16)9-15(10-13)12-11(17-4-2)6-5-8-14-12/h5-6,8,16H,3-4,7,9-10H2,1-2H3. The van der Waals surface area contributed by atoms with Gasteiger partial charge in [0.1, 0.15) is 0 Å². The summed E-state index contributed by atoms with van der Waals surface area (Å²) in [5.74, 6) is 1.64. The molecule has 0 aliphatic carbocycles. The van der Waals surface area contributed by atoms with Crippen LogP contribution in [0.15, 0.2) is 18.3 Å². The smallest absolute Gasteiger partial charge is 0.171 e. The highest BCUT2D eigenvalue weighted by atomic mass is 16.5. The van der Waals surface area contributed by atoms with E-state index in [1.165, 1.54) is 0 Å². The average Bonchev–Trinajstić information content (AvgIpc) is 2.27. The molecule has 1 fully saturated rings. The molecule has 2 heterocycles. The minimum Gasteiger partial charge on any atom is -0.490 e. The number of anilines is 1. The van der Waals surface area contributed by atoms with E-state index in [9.17, 15) is 5.11 Å². The van der Waals surface area contributed by atoms with Crippen molar-refractivity contribution in [2.24, 2.45) is 0 Å². The van der Waals surface area contributed by atoms with Gasteiger partial charge in [0.15, 0.2) is 11.6 Å². The van der Waals surface area contributed by atoms with Crippen molar-refractivity contribution in [1.29, 1.82) is 0 Å². The topological polar surface area (TPSA) is 45.6 Å². The van der Waals surface area contributed by atoms with Crippen LogP contribution in [0.5, 0.6) is 5.75 Å². The fourth-order valence-corrected chi connectivity index (χ4v) is 2.33. The summed E-state index contributed by atoms with van der Waals surface area (Å²) in [6.07, 6.45) is 3.61. The molecule has 1 aromatic rings. The van der Waals surface area contributed by atoms with E-state index in [4.69, 9.17) is 4.74 Å². The summed E-state index contributed by atoms with van der Waals surface area (Å²) in [7, 11) is 0. The second-order valence-electron chi connectivity index (χ2n) is 4.59. The molecule has 1 aliphatic rings. The predicted molar refractivity (Wildman–Crippen MR) is 67.5 cm³/mol. The molecule has 2 rings (SSSR count). The highest BCUT2D eigenvalue weighted by Crippen LogP contribution is 2.34. The number of hydrogen-bond acceptors (Lipinski definition) is 4. The lowest BCUT2D eigenvalue weighted by atomic mass is 9.89. The molecule has 0 bridgehead atoms. The summed E-state index contributed by atoms with van der Waals surface area (Å²) in [6.45, 7) is 5.98. The third-order valence-electron chi connectivity index (χ3n) is 3.04.